The van der Waals surface area contributed by atoms with Crippen molar-refractivity contribution in [3.8, 4) is 0 Å². The van der Waals surface area contributed by atoms with Crippen LogP contribution in [0.5, 0.6) is 0 Å². The van der Waals surface area contributed by atoms with Crippen molar-refractivity contribution in [2.75, 3.05) is 0 Å². The topological polar surface area (TPSA) is 46.1 Å². The Kier molecular flexibility index (Phi) is 1.86. The smallest absolute Gasteiger partial charge is 0.244 e. The second kappa shape index (κ2) is 2.87. The summed E-state index contributed by atoms with van der Waals surface area (Å²) < 4.78 is 24.0. The summed E-state index contributed by atoms with van der Waals surface area (Å²) in [6.07, 6.45) is 3.03. The van der Waals surface area contributed by atoms with E-state index in [1.165, 1.54) is 10.6 Å². The Bertz CT molecular complexity index is 307. The van der Waals surface area contributed by atoms with E-state index in [1.54, 1.807) is 6.20 Å². The zero-order valence-electron chi connectivity index (χ0n) is 6.11. The molecule has 1 atom stereocenters. The fourth-order valence-corrected chi connectivity index (χ4v) is 1.64. The first-order chi connectivity index (χ1) is 5.77. The Morgan fingerprint density at radius 2 is 2.42 bits per heavy atom. The molecule has 1 unspecified atom stereocenters. The zero-order chi connectivity index (χ0) is 8.55. The highest BCUT2D eigenvalue weighted by Gasteiger charge is 2.24. The van der Waals surface area contributed by atoms with Gasteiger partial charge in [0.1, 0.15) is 6.33 Å². The van der Waals surface area contributed by atoms with Gasteiger partial charge in [-0.1, -0.05) is 0 Å². The van der Waals surface area contributed by atoms with Crippen molar-refractivity contribution in [3.05, 3.63) is 23.8 Å². The SMILES string of the molecule is O=S(F)N1Cc2cncnc2C1. The number of hydrogen-bond acceptors (Lipinski definition) is 3. The van der Waals surface area contributed by atoms with Crippen molar-refractivity contribution in [1.29, 1.82) is 0 Å². The van der Waals surface area contributed by atoms with Crippen molar-refractivity contribution in [1.82, 2.24) is 14.3 Å². The second-order valence-electron chi connectivity index (χ2n) is 2.50. The van der Waals surface area contributed by atoms with Gasteiger partial charge in [0, 0.05) is 18.3 Å². The van der Waals surface area contributed by atoms with Gasteiger partial charge in [-0.15, -0.1) is 3.89 Å². The van der Waals surface area contributed by atoms with Crippen molar-refractivity contribution in [2.45, 2.75) is 13.1 Å². The van der Waals surface area contributed by atoms with Gasteiger partial charge in [-0.05, 0) is 0 Å². The predicted molar refractivity (Wildman–Crippen MR) is 40.5 cm³/mol. The molecule has 0 fully saturated rings. The van der Waals surface area contributed by atoms with E-state index in [9.17, 15) is 8.09 Å². The first-order valence-electron chi connectivity index (χ1n) is 3.38. The van der Waals surface area contributed by atoms with Crippen LogP contribution < -0.4 is 0 Å². The molecule has 0 N–H and O–H groups in total. The number of nitrogens with zero attached hydrogens (tertiary/aromatic N) is 3. The number of rotatable bonds is 1. The molecule has 0 aromatic carbocycles. The van der Waals surface area contributed by atoms with E-state index in [0.717, 1.165) is 11.3 Å². The van der Waals surface area contributed by atoms with Crippen LogP contribution in [0.4, 0.5) is 3.89 Å². The van der Waals surface area contributed by atoms with Gasteiger partial charge in [-0.2, -0.15) is 4.31 Å². The molecule has 0 saturated heterocycles. The average Bonchev–Trinajstić information content (AvgIpc) is 2.46. The summed E-state index contributed by atoms with van der Waals surface area (Å²) in [5.41, 5.74) is 1.61. The predicted octanol–water partition coefficient (Wildman–Crippen LogP) is 0.340. The first-order valence-corrected chi connectivity index (χ1v) is 4.39. The van der Waals surface area contributed by atoms with Crippen LogP contribution in [0, 0.1) is 0 Å². The molecule has 64 valence electrons. The lowest BCUT2D eigenvalue weighted by molar-refractivity contribution is 0.447. The summed E-state index contributed by atoms with van der Waals surface area (Å²) in [7, 11) is 0. The normalized spacial score (nSPS) is 19.1. The molecule has 1 aromatic rings. The van der Waals surface area contributed by atoms with E-state index in [1.807, 2.05) is 0 Å². The molecule has 1 aliphatic rings. The van der Waals surface area contributed by atoms with E-state index in [-0.39, 0.29) is 0 Å². The number of halogens is 1. The molecule has 1 aromatic heterocycles. The van der Waals surface area contributed by atoms with E-state index >= 15 is 0 Å². The third-order valence-electron chi connectivity index (χ3n) is 1.76. The average molecular weight is 187 g/mol. The van der Waals surface area contributed by atoms with Crippen LogP contribution in [0.3, 0.4) is 0 Å². The van der Waals surface area contributed by atoms with Gasteiger partial charge in [-0.3, -0.25) is 0 Å². The van der Waals surface area contributed by atoms with Gasteiger partial charge in [-0.25, -0.2) is 14.2 Å². The summed E-state index contributed by atoms with van der Waals surface area (Å²) in [6, 6.07) is 0. The highest BCUT2D eigenvalue weighted by Crippen LogP contribution is 2.20. The monoisotopic (exact) mass is 187 g/mol. The molecule has 0 saturated carbocycles. The first kappa shape index (κ1) is 7.75. The second-order valence-corrected chi connectivity index (χ2v) is 3.43. The van der Waals surface area contributed by atoms with Gasteiger partial charge in [0.05, 0.1) is 12.2 Å². The number of hydrogen-bond donors (Lipinski definition) is 0. The van der Waals surface area contributed by atoms with Crippen molar-refractivity contribution in [2.24, 2.45) is 0 Å². The van der Waals surface area contributed by atoms with Crippen molar-refractivity contribution in [3.63, 3.8) is 0 Å². The van der Waals surface area contributed by atoms with Crippen LogP contribution in [0.1, 0.15) is 11.3 Å². The number of aromatic nitrogens is 2. The summed E-state index contributed by atoms with van der Waals surface area (Å²) >= 11 is -2.40. The third kappa shape index (κ3) is 1.23. The maximum atomic E-state index is 12.3. The maximum absolute atomic E-state index is 12.3. The Hall–Kier alpha value is -0.880. The number of fused-ring (bicyclic) bond motifs is 1. The van der Waals surface area contributed by atoms with Crippen LogP contribution in [-0.2, 0) is 24.5 Å². The molecule has 1 aliphatic heterocycles. The molecule has 4 nitrogen and oxygen atoms in total. The van der Waals surface area contributed by atoms with Gasteiger partial charge in [0.25, 0.3) is 11.4 Å². The van der Waals surface area contributed by atoms with Crippen molar-refractivity contribution >= 4 is 11.4 Å². The van der Waals surface area contributed by atoms with Crippen LogP contribution in [-0.4, -0.2) is 18.5 Å². The third-order valence-corrected chi connectivity index (χ3v) is 2.42. The summed E-state index contributed by atoms with van der Waals surface area (Å²) in [5, 5.41) is 0. The van der Waals surface area contributed by atoms with E-state index in [0.29, 0.717) is 13.1 Å². The molecule has 0 aliphatic carbocycles. The lowest BCUT2D eigenvalue weighted by Crippen LogP contribution is -2.15. The molecule has 0 amide bonds. The van der Waals surface area contributed by atoms with Crippen LogP contribution in [0.15, 0.2) is 12.5 Å². The molecule has 6 heteroatoms. The summed E-state index contributed by atoms with van der Waals surface area (Å²) in [5.74, 6) is 0. The fourth-order valence-electron chi connectivity index (χ4n) is 1.17. The molecule has 2 rings (SSSR count). The molecular formula is C6H6FN3OS. The van der Waals surface area contributed by atoms with E-state index in [2.05, 4.69) is 9.97 Å². The Balaban J connectivity index is 2.27. The van der Waals surface area contributed by atoms with Crippen molar-refractivity contribution < 1.29 is 8.09 Å². The van der Waals surface area contributed by atoms with Gasteiger partial charge in [0.15, 0.2) is 0 Å². The minimum Gasteiger partial charge on any atom is -0.244 e. The summed E-state index contributed by atoms with van der Waals surface area (Å²) in [4.78, 5) is 7.73. The Labute approximate surface area is 71.3 Å². The highest BCUT2D eigenvalue weighted by atomic mass is 32.2. The molecule has 0 spiro atoms. The Morgan fingerprint density at radius 1 is 1.58 bits per heavy atom. The largest absolute Gasteiger partial charge is 0.278 e. The van der Waals surface area contributed by atoms with Gasteiger partial charge >= 0.3 is 0 Å². The molecule has 0 radical (unpaired) electrons. The zero-order valence-corrected chi connectivity index (χ0v) is 6.92. The minimum absolute atomic E-state index is 0.307. The lowest BCUT2D eigenvalue weighted by Gasteiger charge is -2.03. The standard InChI is InChI=1S/C6H6FN3OS/c7-12(11)10-2-5-1-8-4-9-6(5)3-10/h1,4H,2-3H2. The van der Waals surface area contributed by atoms with E-state index < -0.39 is 11.4 Å². The fraction of sp³-hybridized carbons (Fsp3) is 0.333. The summed E-state index contributed by atoms with van der Waals surface area (Å²) in [6.45, 7) is 0.639. The van der Waals surface area contributed by atoms with Gasteiger partial charge in [0.2, 0.25) is 0 Å². The molecule has 2 heterocycles. The van der Waals surface area contributed by atoms with Gasteiger partial charge < -0.3 is 0 Å². The van der Waals surface area contributed by atoms with Crippen LogP contribution in [0.25, 0.3) is 0 Å². The van der Waals surface area contributed by atoms with Crippen LogP contribution >= 0.6 is 0 Å². The Morgan fingerprint density at radius 3 is 3.08 bits per heavy atom. The lowest BCUT2D eigenvalue weighted by atomic mass is 10.3. The minimum atomic E-state index is -2.40. The molecular weight excluding hydrogens is 181 g/mol. The highest BCUT2D eigenvalue weighted by molar-refractivity contribution is 7.77. The van der Waals surface area contributed by atoms with Crippen LogP contribution in [0.2, 0.25) is 0 Å². The maximum Gasteiger partial charge on any atom is 0.278 e. The molecule has 12 heavy (non-hydrogen) atoms. The van der Waals surface area contributed by atoms with E-state index in [4.69, 9.17) is 0 Å². The quantitative estimate of drug-likeness (QED) is 0.595. The molecule has 0 bridgehead atoms.